The van der Waals surface area contributed by atoms with Gasteiger partial charge < -0.3 is 10.1 Å². The van der Waals surface area contributed by atoms with Crippen molar-refractivity contribution in [2.45, 2.75) is 12.6 Å². The normalized spacial score (nSPS) is 11.7. The topological polar surface area (TPSA) is 47.0 Å². The summed E-state index contributed by atoms with van der Waals surface area (Å²) in [7, 11) is 1.54. The molecule has 0 aliphatic heterocycles. The van der Waals surface area contributed by atoms with Gasteiger partial charge in [0.2, 0.25) is 5.13 Å². The summed E-state index contributed by atoms with van der Waals surface area (Å²) in [6.45, 7) is 0.964. The first-order chi connectivity index (χ1) is 7.01. The fraction of sp³-hybridized carbons (Fsp3) is 0.714. The van der Waals surface area contributed by atoms with Crippen LogP contribution in [0.5, 0.6) is 0 Å². The number of ether oxygens (including phenoxy) is 1. The van der Waals surface area contributed by atoms with Crippen molar-refractivity contribution < 1.29 is 17.9 Å². The zero-order chi connectivity index (χ0) is 11.3. The van der Waals surface area contributed by atoms with Gasteiger partial charge in [-0.1, -0.05) is 0 Å². The van der Waals surface area contributed by atoms with Crippen molar-refractivity contribution in [1.82, 2.24) is 9.36 Å². The van der Waals surface area contributed by atoms with Gasteiger partial charge in [-0.25, -0.2) is 4.98 Å². The van der Waals surface area contributed by atoms with Crippen LogP contribution in [0.2, 0.25) is 0 Å². The number of nitrogens with one attached hydrogen (secondary N) is 1. The Bertz CT molecular complexity index is 302. The van der Waals surface area contributed by atoms with Crippen LogP contribution in [0.25, 0.3) is 0 Å². The number of hydrogen-bond donors (Lipinski definition) is 1. The zero-order valence-corrected chi connectivity index (χ0v) is 8.78. The number of halogens is 3. The van der Waals surface area contributed by atoms with Gasteiger partial charge in [0.1, 0.15) is 6.42 Å². The maximum absolute atomic E-state index is 11.9. The predicted octanol–water partition coefficient (Wildman–Crippen LogP) is 1.70. The molecule has 8 heteroatoms. The average Bonchev–Trinajstić information content (AvgIpc) is 2.50. The van der Waals surface area contributed by atoms with Crippen molar-refractivity contribution in [1.29, 1.82) is 0 Å². The number of hydrogen-bond acceptors (Lipinski definition) is 5. The molecular weight excluding hydrogens is 231 g/mol. The summed E-state index contributed by atoms with van der Waals surface area (Å²) in [4.78, 5) is 3.69. The molecule has 0 spiro atoms. The second-order valence-corrected chi connectivity index (χ2v) is 3.48. The van der Waals surface area contributed by atoms with E-state index in [4.69, 9.17) is 4.74 Å². The average molecular weight is 241 g/mol. The summed E-state index contributed by atoms with van der Waals surface area (Å²) in [5, 5.41) is 3.19. The Morgan fingerprint density at radius 2 is 2.20 bits per heavy atom. The van der Waals surface area contributed by atoms with Gasteiger partial charge in [0.25, 0.3) is 0 Å². The van der Waals surface area contributed by atoms with Crippen molar-refractivity contribution >= 4 is 16.7 Å². The molecule has 0 bridgehead atoms. The second-order valence-electron chi connectivity index (χ2n) is 2.73. The summed E-state index contributed by atoms with van der Waals surface area (Å²) >= 11 is 0.913. The monoisotopic (exact) mass is 241 g/mol. The van der Waals surface area contributed by atoms with Gasteiger partial charge >= 0.3 is 6.18 Å². The van der Waals surface area contributed by atoms with Crippen LogP contribution >= 0.6 is 11.5 Å². The molecule has 1 aromatic heterocycles. The summed E-state index contributed by atoms with van der Waals surface area (Å²) in [5.41, 5.74) is 0. The van der Waals surface area contributed by atoms with Crippen LogP contribution in [0.3, 0.4) is 0 Å². The van der Waals surface area contributed by atoms with Gasteiger partial charge in [-0.15, -0.1) is 0 Å². The maximum atomic E-state index is 11.9. The number of alkyl halides is 3. The van der Waals surface area contributed by atoms with Crippen molar-refractivity contribution in [2.24, 2.45) is 0 Å². The van der Waals surface area contributed by atoms with Gasteiger partial charge in [-0.2, -0.15) is 17.5 Å². The minimum Gasteiger partial charge on any atom is -0.383 e. The van der Waals surface area contributed by atoms with E-state index >= 15 is 0 Å². The fourth-order valence-corrected chi connectivity index (χ4v) is 1.45. The third-order valence-electron chi connectivity index (χ3n) is 1.41. The molecular formula is C7H10F3N3OS. The van der Waals surface area contributed by atoms with Crippen LogP contribution in [0.4, 0.5) is 18.3 Å². The van der Waals surface area contributed by atoms with E-state index in [2.05, 4.69) is 14.7 Å². The van der Waals surface area contributed by atoms with Crippen LogP contribution in [0.1, 0.15) is 5.82 Å². The van der Waals surface area contributed by atoms with Gasteiger partial charge in [0, 0.05) is 25.2 Å². The number of methoxy groups -OCH3 is 1. The maximum Gasteiger partial charge on any atom is 0.396 e. The predicted molar refractivity (Wildman–Crippen MR) is 50.0 cm³/mol. The lowest BCUT2D eigenvalue weighted by atomic mass is 10.4. The zero-order valence-electron chi connectivity index (χ0n) is 7.97. The Morgan fingerprint density at radius 1 is 1.47 bits per heavy atom. The highest BCUT2D eigenvalue weighted by Crippen LogP contribution is 2.21. The molecule has 0 amide bonds. The highest BCUT2D eigenvalue weighted by molar-refractivity contribution is 7.09. The first kappa shape index (κ1) is 12.2. The SMILES string of the molecule is COCCNc1nc(CC(F)(F)F)ns1. The van der Waals surface area contributed by atoms with E-state index in [0.717, 1.165) is 11.5 Å². The molecule has 0 aliphatic carbocycles. The summed E-state index contributed by atoms with van der Waals surface area (Å²) in [5.74, 6) is -0.201. The van der Waals surface area contributed by atoms with Crippen molar-refractivity contribution in [3.8, 4) is 0 Å². The third-order valence-corrected chi connectivity index (χ3v) is 2.12. The second kappa shape index (κ2) is 5.26. The Balaban J connectivity index is 2.42. The van der Waals surface area contributed by atoms with Gasteiger partial charge in [-0.3, -0.25) is 0 Å². The number of anilines is 1. The molecule has 1 rings (SSSR count). The van der Waals surface area contributed by atoms with E-state index in [1.807, 2.05) is 0 Å². The van der Waals surface area contributed by atoms with Crippen LogP contribution in [0.15, 0.2) is 0 Å². The standard InChI is InChI=1S/C7H10F3N3OS/c1-14-3-2-11-6-12-5(13-15-6)4-7(8,9)10/h2-4H2,1H3,(H,11,12,13). The van der Waals surface area contributed by atoms with Gasteiger partial charge in [0.05, 0.1) is 6.61 Å². The van der Waals surface area contributed by atoms with Crippen LogP contribution in [-0.2, 0) is 11.2 Å². The van der Waals surface area contributed by atoms with Crippen molar-refractivity contribution in [3.05, 3.63) is 5.82 Å². The Labute approximate surface area is 88.6 Å². The molecule has 1 aromatic rings. The molecule has 1 N–H and O–H groups in total. The van der Waals surface area contributed by atoms with Crippen molar-refractivity contribution in [2.75, 3.05) is 25.6 Å². The number of nitrogens with zero attached hydrogens (tertiary/aromatic N) is 2. The van der Waals surface area contributed by atoms with Crippen LogP contribution in [0, 0.1) is 0 Å². The molecule has 0 unspecified atom stereocenters. The lowest BCUT2D eigenvalue weighted by Crippen LogP contribution is -2.13. The first-order valence-corrected chi connectivity index (χ1v) is 4.91. The molecule has 1 heterocycles. The minimum atomic E-state index is -4.26. The first-order valence-electron chi connectivity index (χ1n) is 4.13. The Hall–Kier alpha value is -0.890. The molecule has 0 atom stereocenters. The van der Waals surface area contributed by atoms with Crippen LogP contribution < -0.4 is 5.32 Å². The number of aromatic nitrogens is 2. The Morgan fingerprint density at radius 3 is 2.80 bits per heavy atom. The molecule has 0 aliphatic rings. The Kier molecular flexibility index (Phi) is 4.28. The van der Waals surface area contributed by atoms with E-state index < -0.39 is 12.6 Å². The molecule has 15 heavy (non-hydrogen) atoms. The highest BCUT2D eigenvalue weighted by atomic mass is 32.1. The summed E-state index contributed by atoms with van der Waals surface area (Å²) in [6.07, 6.45) is -5.35. The summed E-state index contributed by atoms with van der Waals surface area (Å²) < 4.78 is 44.2. The smallest absolute Gasteiger partial charge is 0.383 e. The van der Waals surface area contributed by atoms with E-state index in [-0.39, 0.29) is 5.82 Å². The minimum absolute atomic E-state index is 0.201. The molecule has 0 fully saturated rings. The van der Waals surface area contributed by atoms with E-state index in [9.17, 15) is 13.2 Å². The third kappa shape index (κ3) is 4.93. The molecule has 0 saturated heterocycles. The molecule has 0 saturated carbocycles. The van der Waals surface area contributed by atoms with E-state index in [1.165, 1.54) is 7.11 Å². The molecule has 4 nitrogen and oxygen atoms in total. The fourth-order valence-electron chi connectivity index (χ4n) is 0.837. The quantitative estimate of drug-likeness (QED) is 0.797. The van der Waals surface area contributed by atoms with Gasteiger partial charge in [0.15, 0.2) is 5.82 Å². The lowest BCUT2D eigenvalue weighted by Gasteiger charge is -2.01. The molecule has 86 valence electrons. The largest absolute Gasteiger partial charge is 0.396 e. The molecule has 0 radical (unpaired) electrons. The van der Waals surface area contributed by atoms with E-state index in [0.29, 0.717) is 18.3 Å². The number of rotatable bonds is 5. The van der Waals surface area contributed by atoms with Crippen molar-refractivity contribution in [3.63, 3.8) is 0 Å². The van der Waals surface area contributed by atoms with Crippen LogP contribution in [-0.4, -0.2) is 35.8 Å². The van der Waals surface area contributed by atoms with Gasteiger partial charge in [-0.05, 0) is 0 Å². The lowest BCUT2D eigenvalue weighted by molar-refractivity contribution is -0.128. The molecule has 0 aromatic carbocycles. The summed E-state index contributed by atoms with van der Waals surface area (Å²) in [6, 6.07) is 0. The van der Waals surface area contributed by atoms with E-state index in [1.54, 1.807) is 0 Å². The highest BCUT2D eigenvalue weighted by Gasteiger charge is 2.29.